The fraction of sp³-hybridized carbons (Fsp3) is 0.476. The van der Waals surface area contributed by atoms with Crippen LogP contribution < -0.4 is 0 Å². The summed E-state index contributed by atoms with van der Waals surface area (Å²) < 4.78 is 6.30. The molecule has 1 saturated heterocycles. The number of nitrogens with zero attached hydrogens (tertiary/aromatic N) is 5. The van der Waals surface area contributed by atoms with Gasteiger partial charge in [-0.15, -0.1) is 11.3 Å². The van der Waals surface area contributed by atoms with Gasteiger partial charge < -0.3 is 9.42 Å². The molecule has 1 atom stereocenters. The first-order valence-electron chi connectivity index (χ1n) is 9.97. The van der Waals surface area contributed by atoms with Crippen LogP contribution in [0.2, 0.25) is 0 Å². The molecule has 0 N–H and O–H groups in total. The van der Waals surface area contributed by atoms with Crippen molar-refractivity contribution in [2.75, 3.05) is 39.8 Å². The molecule has 0 unspecified atom stereocenters. The molecule has 3 heterocycles. The van der Waals surface area contributed by atoms with Crippen molar-refractivity contribution >= 4 is 27.5 Å². The van der Waals surface area contributed by atoms with Gasteiger partial charge >= 0.3 is 0 Å². The minimum atomic E-state index is -0.0309. The number of hydrogen-bond acceptors (Lipinski definition) is 7. The smallest absolute Gasteiger partial charge is 0.237 e. The van der Waals surface area contributed by atoms with Crippen molar-refractivity contribution in [3.05, 3.63) is 46.8 Å². The van der Waals surface area contributed by atoms with Crippen molar-refractivity contribution in [1.82, 2.24) is 24.8 Å². The van der Waals surface area contributed by atoms with Gasteiger partial charge in [-0.2, -0.15) is 0 Å². The summed E-state index contributed by atoms with van der Waals surface area (Å²) in [5.74, 6) is 0.979. The lowest BCUT2D eigenvalue weighted by atomic mass is 10.2. The Balaban J connectivity index is 1.28. The topological polar surface area (TPSA) is 65.7 Å². The van der Waals surface area contributed by atoms with Crippen LogP contribution in [0.15, 0.2) is 34.9 Å². The second-order valence-corrected chi connectivity index (χ2v) is 8.74. The third kappa shape index (κ3) is 4.66. The lowest BCUT2D eigenvalue weighted by molar-refractivity contribution is -0.133. The van der Waals surface area contributed by atoms with Gasteiger partial charge in [-0.05, 0) is 26.0 Å². The average Bonchev–Trinajstić information content (AvgIpc) is 3.34. The molecule has 0 radical (unpaired) electrons. The molecule has 29 heavy (non-hydrogen) atoms. The molecule has 1 aliphatic rings. The van der Waals surface area contributed by atoms with E-state index in [1.54, 1.807) is 11.3 Å². The molecule has 8 heteroatoms. The van der Waals surface area contributed by atoms with E-state index in [0.29, 0.717) is 6.54 Å². The van der Waals surface area contributed by atoms with E-state index in [2.05, 4.69) is 21.0 Å². The lowest BCUT2D eigenvalue weighted by Gasteiger charge is -2.35. The third-order valence-electron chi connectivity index (χ3n) is 5.53. The number of para-hydroxylation sites is 1. The summed E-state index contributed by atoms with van der Waals surface area (Å²) in [5.41, 5.74) is 1.97. The molecule has 0 saturated carbocycles. The number of likely N-dealkylation sites (N-methyl/N-ethyl adjacent to an activating group) is 1. The van der Waals surface area contributed by atoms with Crippen molar-refractivity contribution < 1.29 is 9.32 Å². The number of fused-ring (bicyclic) bond motifs is 1. The second kappa shape index (κ2) is 8.61. The normalized spacial score (nSPS) is 16.9. The Morgan fingerprint density at radius 1 is 1.24 bits per heavy atom. The van der Waals surface area contributed by atoms with E-state index in [9.17, 15) is 4.79 Å². The van der Waals surface area contributed by atoms with Crippen molar-refractivity contribution in [2.24, 2.45) is 0 Å². The predicted octanol–water partition coefficient (Wildman–Crippen LogP) is 2.93. The van der Waals surface area contributed by atoms with Crippen LogP contribution in [0.1, 0.15) is 29.4 Å². The molecule has 7 nitrogen and oxygen atoms in total. The van der Waals surface area contributed by atoms with Gasteiger partial charge in [0.25, 0.3) is 0 Å². The number of rotatable bonds is 6. The van der Waals surface area contributed by atoms with Crippen LogP contribution in [0, 0.1) is 6.92 Å². The molecule has 0 aliphatic carbocycles. The number of carbonyl (C=O) groups is 1. The maximum atomic E-state index is 12.8. The molecule has 0 bridgehead atoms. The highest BCUT2D eigenvalue weighted by molar-refractivity contribution is 7.18. The molecular formula is C21H27N5O2S. The number of aryl methyl sites for hydroxylation is 1. The van der Waals surface area contributed by atoms with Crippen molar-refractivity contribution in [2.45, 2.75) is 26.4 Å². The molecule has 1 amide bonds. The molecule has 154 valence electrons. The number of carbonyl (C=O) groups excluding carboxylic acids is 1. The predicted molar refractivity (Wildman–Crippen MR) is 114 cm³/mol. The second-order valence-electron chi connectivity index (χ2n) is 7.68. The van der Waals surface area contributed by atoms with Crippen LogP contribution in [0.4, 0.5) is 0 Å². The molecule has 1 aromatic carbocycles. The Kier molecular flexibility index (Phi) is 5.94. The minimum Gasteiger partial charge on any atom is -0.361 e. The summed E-state index contributed by atoms with van der Waals surface area (Å²) in [4.78, 5) is 24.0. The number of piperazine rings is 1. The van der Waals surface area contributed by atoms with Crippen molar-refractivity contribution in [3.8, 4) is 0 Å². The van der Waals surface area contributed by atoms with Crippen molar-refractivity contribution in [1.29, 1.82) is 0 Å². The first-order chi connectivity index (χ1) is 14.0. The average molecular weight is 414 g/mol. The number of hydrogen-bond donors (Lipinski definition) is 0. The first-order valence-corrected chi connectivity index (χ1v) is 10.8. The summed E-state index contributed by atoms with van der Waals surface area (Å²) >= 11 is 1.66. The Labute approximate surface area is 174 Å². The molecule has 0 spiro atoms. The number of benzene rings is 1. The summed E-state index contributed by atoms with van der Waals surface area (Å²) in [6, 6.07) is 10.1. The molecule has 4 rings (SSSR count). The van der Waals surface area contributed by atoms with Crippen LogP contribution in [-0.2, 0) is 11.3 Å². The highest BCUT2D eigenvalue weighted by Crippen LogP contribution is 2.28. The monoisotopic (exact) mass is 413 g/mol. The summed E-state index contributed by atoms with van der Waals surface area (Å²) in [5, 5.41) is 5.05. The third-order valence-corrected chi connectivity index (χ3v) is 6.73. The van der Waals surface area contributed by atoms with Crippen LogP contribution in [-0.4, -0.2) is 70.5 Å². The molecule has 3 aromatic rings. The molecule has 2 aromatic heterocycles. The summed E-state index contributed by atoms with van der Waals surface area (Å²) in [6.07, 6.45) is 0. The van der Waals surface area contributed by atoms with Gasteiger partial charge in [-0.3, -0.25) is 14.6 Å². The van der Waals surface area contributed by atoms with Crippen LogP contribution in [0.5, 0.6) is 0 Å². The van der Waals surface area contributed by atoms with Crippen LogP contribution in [0.25, 0.3) is 10.2 Å². The van der Waals surface area contributed by atoms with Gasteiger partial charge in [0.05, 0.1) is 28.5 Å². The van der Waals surface area contributed by atoms with E-state index in [-0.39, 0.29) is 11.9 Å². The number of aromatic nitrogens is 2. The Bertz CT molecular complexity index is 943. The quantitative estimate of drug-likeness (QED) is 0.619. The van der Waals surface area contributed by atoms with Gasteiger partial charge in [-0.1, -0.05) is 17.3 Å². The fourth-order valence-electron chi connectivity index (χ4n) is 3.58. The Morgan fingerprint density at radius 3 is 2.66 bits per heavy atom. The largest absolute Gasteiger partial charge is 0.361 e. The van der Waals surface area contributed by atoms with Crippen LogP contribution in [0.3, 0.4) is 0 Å². The van der Waals surface area contributed by atoms with Gasteiger partial charge in [0, 0.05) is 45.8 Å². The molecular weight excluding hydrogens is 386 g/mol. The van der Waals surface area contributed by atoms with E-state index in [0.717, 1.165) is 59.4 Å². The zero-order valence-electron chi connectivity index (χ0n) is 17.2. The number of thiazole rings is 1. The summed E-state index contributed by atoms with van der Waals surface area (Å²) in [6.45, 7) is 8.82. The molecule has 1 aliphatic heterocycles. The zero-order valence-corrected chi connectivity index (χ0v) is 18.0. The lowest BCUT2D eigenvalue weighted by Crippen LogP contribution is -2.49. The Hall–Kier alpha value is -2.29. The maximum Gasteiger partial charge on any atom is 0.237 e. The maximum absolute atomic E-state index is 12.8. The fourth-order valence-corrected chi connectivity index (χ4v) is 4.64. The summed E-state index contributed by atoms with van der Waals surface area (Å²) in [7, 11) is 1.88. The zero-order chi connectivity index (χ0) is 20.4. The number of amides is 1. The van der Waals surface area contributed by atoms with Gasteiger partial charge in [0.15, 0.2) is 0 Å². The van der Waals surface area contributed by atoms with E-state index in [1.165, 1.54) is 0 Å². The highest BCUT2D eigenvalue weighted by Gasteiger charge is 2.25. The van der Waals surface area contributed by atoms with E-state index in [4.69, 9.17) is 9.51 Å². The van der Waals surface area contributed by atoms with Gasteiger partial charge in [-0.25, -0.2) is 4.98 Å². The minimum absolute atomic E-state index is 0.0309. The first kappa shape index (κ1) is 20.0. The van der Waals surface area contributed by atoms with Gasteiger partial charge in [0.2, 0.25) is 5.91 Å². The molecule has 1 fully saturated rings. The SMILES string of the molecule is Cc1cc(CN2CCN(CC(=O)N(C)[C@@H](C)c3nc4ccccc4s3)CC2)no1. The standard InChI is InChI=1S/C21H27N5O2S/c1-15-12-17(23-28-15)13-25-8-10-26(11-9-25)14-20(27)24(3)16(2)21-22-18-6-4-5-7-19(18)29-21/h4-7,12,16H,8-11,13-14H2,1-3H3/t16-/m0/s1. The van der Waals surface area contributed by atoms with E-state index < -0.39 is 0 Å². The Morgan fingerprint density at radius 2 is 1.97 bits per heavy atom. The van der Waals surface area contributed by atoms with E-state index >= 15 is 0 Å². The highest BCUT2D eigenvalue weighted by atomic mass is 32.1. The van der Waals surface area contributed by atoms with Crippen molar-refractivity contribution in [3.63, 3.8) is 0 Å². The van der Waals surface area contributed by atoms with E-state index in [1.807, 2.05) is 50.1 Å². The van der Waals surface area contributed by atoms with Crippen LogP contribution >= 0.6 is 11.3 Å². The van der Waals surface area contributed by atoms with Gasteiger partial charge in [0.1, 0.15) is 10.8 Å².